The summed E-state index contributed by atoms with van der Waals surface area (Å²) in [6, 6.07) is 6.00. The van der Waals surface area contributed by atoms with Crippen LogP contribution in [0.15, 0.2) is 24.3 Å². The van der Waals surface area contributed by atoms with Crippen molar-refractivity contribution in [1.82, 2.24) is 20.4 Å². The van der Waals surface area contributed by atoms with Gasteiger partial charge in [-0.15, -0.1) is 0 Å². The molecule has 1 aliphatic heterocycles. The number of nitrogens with zero attached hydrogens (tertiary/aromatic N) is 2. The van der Waals surface area contributed by atoms with Crippen LogP contribution in [0.1, 0.15) is 78.0 Å². The normalized spacial score (nSPS) is 21.9. The summed E-state index contributed by atoms with van der Waals surface area (Å²) >= 11 is 0. The summed E-state index contributed by atoms with van der Waals surface area (Å²) in [6.45, 7) is 10.7. The zero-order chi connectivity index (χ0) is 29.1. The van der Waals surface area contributed by atoms with Crippen LogP contribution in [0.4, 0.5) is 4.79 Å². The molecule has 0 radical (unpaired) electrons. The smallest absolute Gasteiger partial charge is 0.410 e. The maximum atomic E-state index is 13.9. The van der Waals surface area contributed by atoms with Gasteiger partial charge in [0.1, 0.15) is 24.2 Å². The first-order chi connectivity index (χ1) is 18.1. The molecule has 1 aromatic carbocycles. The molecule has 4 atom stereocenters. The summed E-state index contributed by atoms with van der Waals surface area (Å²) < 4.78 is 5.31. The van der Waals surface area contributed by atoms with Crippen LogP contribution in [-0.2, 0) is 25.5 Å². The summed E-state index contributed by atoms with van der Waals surface area (Å²) in [5.41, 5.74) is 7.23. The predicted molar refractivity (Wildman–Crippen MR) is 149 cm³/mol. The lowest BCUT2D eigenvalue weighted by Crippen LogP contribution is -2.59. The average Bonchev–Trinajstić information content (AvgIpc) is 3.22. The van der Waals surface area contributed by atoms with E-state index in [0.29, 0.717) is 6.42 Å². The molecule has 1 saturated heterocycles. The number of amides is 4. The molecule has 0 bridgehead atoms. The van der Waals surface area contributed by atoms with E-state index in [9.17, 15) is 19.2 Å². The first kappa shape index (κ1) is 30.4. The van der Waals surface area contributed by atoms with E-state index in [-0.39, 0.29) is 37.0 Å². The zero-order valence-corrected chi connectivity index (χ0v) is 24.4. The van der Waals surface area contributed by atoms with E-state index in [1.165, 1.54) is 17.5 Å². The Morgan fingerprint density at radius 2 is 1.79 bits per heavy atom. The molecule has 1 fully saturated rings. The highest BCUT2D eigenvalue weighted by Gasteiger charge is 2.44. The number of carbonyl (C=O) groups excluding carboxylic acids is 4. The highest BCUT2D eigenvalue weighted by molar-refractivity contribution is 5.94. The van der Waals surface area contributed by atoms with Gasteiger partial charge in [0.25, 0.3) is 0 Å². The number of carbonyl (C=O) groups is 4. The molecule has 4 N–H and O–H groups in total. The van der Waals surface area contributed by atoms with E-state index in [1.54, 1.807) is 20.8 Å². The number of hydrogen-bond acceptors (Lipinski definition) is 6. The molecule has 10 nitrogen and oxygen atoms in total. The number of aryl methyl sites for hydroxylation is 1. The van der Waals surface area contributed by atoms with Crippen LogP contribution in [0, 0.1) is 5.41 Å². The zero-order valence-electron chi connectivity index (χ0n) is 24.4. The van der Waals surface area contributed by atoms with E-state index in [0.717, 1.165) is 29.7 Å². The van der Waals surface area contributed by atoms with Crippen LogP contribution in [0.3, 0.4) is 0 Å². The molecule has 1 aromatic rings. The van der Waals surface area contributed by atoms with Gasteiger partial charge in [-0.25, -0.2) is 4.79 Å². The largest absolute Gasteiger partial charge is 0.444 e. The summed E-state index contributed by atoms with van der Waals surface area (Å²) in [6.07, 6.45) is 2.50. The van der Waals surface area contributed by atoms with Crippen molar-refractivity contribution < 1.29 is 23.9 Å². The van der Waals surface area contributed by atoms with Crippen molar-refractivity contribution in [2.75, 3.05) is 20.1 Å². The second kappa shape index (κ2) is 11.9. The summed E-state index contributed by atoms with van der Waals surface area (Å²) in [5, 5.41) is 5.96. The fourth-order valence-electron chi connectivity index (χ4n) is 5.17. The number of ether oxygens (including phenoxy) is 1. The number of benzene rings is 1. The Morgan fingerprint density at radius 3 is 2.44 bits per heavy atom. The van der Waals surface area contributed by atoms with Gasteiger partial charge in [-0.1, -0.05) is 45.0 Å². The van der Waals surface area contributed by atoms with Gasteiger partial charge in [0, 0.05) is 19.6 Å². The van der Waals surface area contributed by atoms with Gasteiger partial charge < -0.3 is 30.9 Å². The van der Waals surface area contributed by atoms with Crippen molar-refractivity contribution in [1.29, 1.82) is 0 Å². The quantitative estimate of drug-likeness (QED) is 0.505. The van der Waals surface area contributed by atoms with Crippen molar-refractivity contribution in [2.24, 2.45) is 11.1 Å². The van der Waals surface area contributed by atoms with Crippen molar-refractivity contribution in [2.45, 2.75) is 97.0 Å². The Labute approximate surface area is 232 Å². The summed E-state index contributed by atoms with van der Waals surface area (Å²) in [5.74, 6) is -1.10. The molecule has 216 valence electrons. The van der Waals surface area contributed by atoms with Crippen molar-refractivity contribution in [3.05, 3.63) is 35.4 Å². The van der Waals surface area contributed by atoms with Gasteiger partial charge in [-0.05, 0) is 63.0 Å². The number of hydrogen-bond donors (Lipinski definition) is 3. The molecule has 2 aliphatic rings. The molecule has 0 spiro atoms. The number of likely N-dealkylation sites (tertiary alicyclic amines) is 1. The van der Waals surface area contributed by atoms with Gasteiger partial charge in [0.15, 0.2) is 0 Å². The lowest BCUT2D eigenvalue weighted by molar-refractivity contribution is -0.144. The minimum Gasteiger partial charge on any atom is -0.444 e. The number of fused-ring (bicyclic) bond motifs is 1. The van der Waals surface area contributed by atoms with Crippen LogP contribution in [0.2, 0.25) is 0 Å². The van der Waals surface area contributed by atoms with E-state index in [4.69, 9.17) is 10.5 Å². The Kier molecular flexibility index (Phi) is 9.31. The highest BCUT2D eigenvalue weighted by atomic mass is 16.6. The number of rotatable bonds is 6. The molecular weight excluding hydrogens is 498 g/mol. The van der Waals surface area contributed by atoms with Crippen molar-refractivity contribution in [3.8, 4) is 0 Å². The number of likely N-dealkylation sites (N-methyl/N-ethyl adjacent to an activating group) is 1. The summed E-state index contributed by atoms with van der Waals surface area (Å²) in [7, 11) is 1.46. The van der Waals surface area contributed by atoms with E-state index < -0.39 is 35.1 Å². The molecule has 3 rings (SSSR count). The molecule has 39 heavy (non-hydrogen) atoms. The lowest BCUT2D eigenvalue weighted by Gasteiger charge is -2.36. The van der Waals surface area contributed by atoms with Crippen LogP contribution in [-0.4, -0.2) is 77.5 Å². The standard InChI is InChI=1S/C29H45N5O5/c1-28(2,3)24(32-23(35)17-33(7)27(38)39-29(4,5)6)26(37)34-16-19(30)15-22(34)25(36)31-21-14-10-12-18-11-8-9-13-20(18)21/h8-9,11,13,19,21-22,24H,10,12,14-17,30H2,1-7H3,(H,31,36)(H,32,35). The predicted octanol–water partition coefficient (Wildman–Crippen LogP) is 2.51. The van der Waals surface area contributed by atoms with Gasteiger partial charge in [-0.3, -0.25) is 14.4 Å². The number of nitrogens with one attached hydrogen (secondary N) is 2. The van der Waals surface area contributed by atoms with Crippen LogP contribution in [0.5, 0.6) is 0 Å². The first-order valence-electron chi connectivity index (χ1n) is 13.7. The first-order valence-corrected chi connectivity index (χ1v) is 13.7. The van der Waals surface area contributed by atoms with Gasteiger partial charge in [0.2, 0.25) is 17.7 Å². The maximum absolute atomic E-state index is 13.9. The third kappa shape index (κ3) is 7.94. The molecule has 0 saturated carbocycles. The molecule has 4 amide bonds. The summed E-state index contributed by atoms with van der Waals surface area (Å²) in [4.78, 5) is 55.3. The average molecular weight is 544 g/mol. The van der Waals surface area contributed by atoms with E-state index >= 15 is 0 Å². The minimum absolute atomic E-state index is 0.113. The topological polar surface area (TPSA) is 134 Å². The fourth-order valence-corrected chi connectivity index (χ4v) is 5.17. The third-order valence-corrected chi connectivity index (χ3v) is 7.11. The molecule has 1 aliphatic carbocycles. The second-order valence-electron chi connectivity index (χ2n) is 12.9. The van der Waals surface area contributed by atoms with Gasteiger partial charge in [-0.2, -0.15) is 0 Å². The molecule has 0 aromatic heterocycles. The molecule has 10 heteroatoms. The SMILES string of the molecule is CN(CC(=O)NC(C(=O)N1CC(N)CC1C(=O)NC1CCCc2ccccc21)C(C)(C)C)C(=O)OC(C)(C)C. The Balaban J connectivity index is 1.71. The van der Waals surface area contributed by atoms with Crippen molar-refractivity contribution in [3.63, 3.8) is 0 Å². The molecule has 1 heterocycles. The van der Waals surface area contributed by atoms with Crippen molar-refractivity contribution >= 4 is 23.8 Å². The van der Waals surface area contributed by atoms with Gasteiger partial charge >= 0.3 is 6.09 Å². The number of nitrogens with two attached hydrogens (primary N) is 1. The lowest BCUT2D eigenvalue weighted by atomic mass is 9.85. The Bertz CT molecular complexity index is 1080. The second-order valence-corrected chi connectivity index (χ2v) is 12.9. The van der Waals surface area contributed by atoms with Gasteiger partial charge in [0.05, 0.1) is 6.04 Å². The molecule has 4 unspecified atom stereocenters. The fraction of sp³-hybridized carbons (Fsp3) is 0.655. The highest BCUT2D eigenvalue weighted by Crippen LogP contribution is 2.31. The van der Waals surface area contributed by atoms with Crippen LogP contribution in [0.25, 0.3) is 0 Å². The Morgan fingerprint density at radius 1 is 1.13 bits per heavy atom. The van der Waals surface area contributed by atoms with E-state index in [1.807, 2.05) is 39.0 Å². The Hall–Kier alpha value is -3.14. The van der Waals surface area contributed by atoms with E-state index in [2.05, 4.69) is 16.7 Å². The molecular formula is C29H45N5O5. The maximum Gasteiger partial charge on any atom is 0.410 e. The monoisotopic (exact) mass is 543 g/mol. The van der Waals surface area contributed by atoms with Crippen LogP contribution >= 0.6 is 0 Å². The minimum atomic E-state index is -0.923. The van der Waals surface area contributed by atoms with Crippen LogP contribution < -0.4 is 16.4 Å². The third-order valence-electron chi connectivity index (χ3n) is 7.11.